The summed E-state index contributed by atoms with van der Waals surface area (Å²) in [6, 6.07) is 35.4. The first kappa shape index (κ1) is 26.3. The first-order valence-corrected chi connectivity index (χ1v) is 17.2. The van der Waals surface area contributed by atoms with Crippen molar-refractivity contribution in [2.24, 2.45) is 0 Å². The van der Waals surface area contributed by atoms with Gasteiger partial charge in [0.05, 0.1) is 19.6 Å². The Balaban J connectivity index is 1.40. The Labute approximate surface area is 240 Å². The van der Waals surface area contributed by atoms with Crippen molar-refractivity contribution in [3.8, 4) is 0 Å². The highest BCUT2D eigenvalue weighted by Gasteiger charge is 2.19. The van der Waals surface area contributed by atoms with Crippen LogP contribution in [0.15, 0.2) is 170 Å². The Bertz CT molecular complexity index is 1710. The van der Waals surface area contributed by atoms with Crippen LogP contribution in [-0.4, -0.2) is 16.8 Å². The van der Waals surface area contributed by atoms with Crippen molar-refractivity contribution < 1.29 is 16.8 Å². The summed E-state index contributed by atoms with van der Waals surface area (Å²) < 4.78 is 52.8. The van der Waals surface area contributed by atoms with Crippen LogP contribution in [0.3, 0.4) is 0 Å². The molecule has 0 saturated carbocycles. The van der Waals surface area contributed by atoms with Crippen molar-refractivity contribution in [3.05, 3.63) is 121 Å². The zero-order valence-electron chi connectivity index (χ0n) is 20.2. The van der Waals surface area contributed by atoms with Crippen molar-refractivity contribution in [3.63, 3.8) is 0 Å². The molecule has 6 aliphatic heterocycles. The predicted molar refractivity (Wildman–Crippen MR) is 155 cm³/mol. The number of fused-ring (bicyclic) bond motifs is 5. The molecule has 10 bridgehead atoms. The van der Waals surface area contributed by atoms with E-state index in [1.807, 2.05) is 48.5 Å². The van der Waals surface area contributed by atoms with Crippen LogP contribution in [0.5, 0.6) is 0 Å². The van der Waals surface area contributed by atoms with Crippen LogP contribution in [-0.2, 0) is 19.7 Å². The Kier molecular flexibility index (Phi) is 7.11. The van der Waals surface area contributed by atoms with E-state index in [0.29, 0.717) is 0 Å². The molecule has 0 aliphatic carbocycles. The van der Waals surface area contributed by atoms with Gasteiger partial charge in [-0.3, -0.25) is 0 Å². The van der Waals surface area contributed by atoms with Crippen LogP contribution >= 0.6 is 35.3 Å². The maximum absolute atomic E-state index is 13.2. The molecular weight excluding hydrogens is 585 g/mol. The Hall–Kier alpha value is -2.95. The lowest BCUT2D eigenvalue weighted by Gasteiger charge is -2.08. The fourth-order valence-corrected chi connectivity index (χ4v) is 8.97. The van der Waals surface area contributed by atoms with Crippen LogP contribution in [0.25, 0.3) is 0 Å². The number of hydrogen-bond acceptors (Lipinski definition) is 7. The van der Waals surface area contributed by atoms with E-state index in [1.165, 1.54) is 11.8 Å². The molecule has 5 aromatic rings. The van der Waals surface area contributed by atoms with E-state index in [2.05, 4.69) is 0 Å². The SMILES string of the molecule is O=S1(=O)c2ccc(cc2)Sc2ccc(cc2)Sc2ccc(cc2)S(=O)(=O)c2ccc(cc2)Sc2ccc1cc2. The molecule has 0 radical (unpaired) electrons. The van der Waals surface area contributed by atoms with Crippen LogP contribution in [0.1, 0.15) is 0 Å². The van der Waals surface area contributed by atoms with E-state index < -0.39 is 19.7 Å². The zero-order chi connectivity index (χ0) is 27.0. The van der Waals surface area contributed by atoms with E-state index in [-0.39, 0.29) is 19.6 Å². The first-order chi connectivity index (χ1) is 18.8. The summed E-state index contributed by atoms with van der Waals surface area (Å²) in [4.78, 5) is 6.56. The molecule has 0 amide bonds. The zero-order valence-corrected chi connectivity index (χ0v) is 24.3. The Morgan fingerprint density at radius 1 is 0.282 bits per heavy atom. The van der Waals surface area contributed by atoms with Crippen LogP contribution in [0.2, 0.25) is 0 Å². The maximum atomic E-state index is 13.2. The van der Waals surface area contributed by atoms with E-state index in [4.69, 9.17) is 0 Å². The van der Waals surface area contributed by atoms with Gasteiger partial charge in [-0.15, -0.1) is 0 Å². The molecule has 39 heavy (non-hydrogen) atoms. The quantitative estimate of drug-likeness (QED) is 0.173. The molecule has 0 spiro atoms. The van der Waals surface area contributed by atoms with Crippen molar-refractivity contribution in [2.45, 2.75) is 49.0 Å². The number of hydrogen-bond donors (Lipinski definition) is 0. The smallest absolute Gasteiger partial charge is 0.206 e. The fourth-order valence-electron chi connectivity index (χ4n) is 4.00. The average Bonchev–Trinajstić information content (AvgIpc) is 2.95. The third-order valence-electron chi connectivity index (χ3n) is 6.07. The summed E-state index contributed by atoms with van der Waals surface area (Å²) in [5.74, 6) is 0. The van der Waals surface area contributed by atoms with Gasteiger partial charge in [-0.2, -0.15) is 0 Å². The van der Waals surface area contributed by atoms with E-state index >= 15 is 0 Å². The van der Waals surface area contributed by atoms with Gasteiger partial charge in [0.1, 0.15) is 0 Å². The molecule has 6 heterocycles. The van der Waals surface area contributed by atoms with Gasteiger partial charge in [0, 0.05) is 29.4 Å². The second-order valence-electron chi connectivity index (χ2n) is 8.67. The van der Waals surface area contributed by atoms with Gasteiger partial charge in [-0.1, -0.05) is 35.3 Å². The minimum absolute atomic E-state index is 0.221. The summed E-state index contributed by atoms with van der Waals surface area (Å²) in [5.41, 5.74) is 0. The Morgan fingerprint density at radius 3 is 0.615 bits per heavy atom. The van der Waals surface area contributed by atoms with Crippen LogP contribution < -0.4 is 0 Å². The van der Waals surface area contributed by atoms with Crippen molar-refractivity contribution in [1.29, 1.82) is 0 Å². The molecule has 0 atom stereocenters. The summed E-state index contributed by atoms with van der Waals surface area (Å²) >= 11 is 4.54. The first-order valence-electron chi connectivity index (χ1n) is 11.8. The minimum atomic E-state index is -3.66. The molecule has 0 saturated heterocycles. The molecule has 6 aliphatic rings. The molecule has 0 unspecified atom stereocenters. The molecule has 9 heteroatoms. The third kappa shape index (κ3) is 5.55. The van der Waals surface area contributed by atoms with Crippen molar-refractivity contribution >= 4 is 55.0 Å². The molecule has 0 aromatic heterocycles. The molecule has 0 fully saturated rings. The number of sulfone groups is 2. The summed E-state index contributed by atoms with van der Waals surface area (Å²) in [7, 11) is -7.32. The lowest BCUT2D eigenvalue weighted by atomic mass is 10.4. The van der Waals surface area contributed by atoms with Gasteiger partial charge < -0.3 is 0 Å². The molecule has 11 rings (SSSR count). The van der Waals surface area contributed by atoms with Gasteiger partial charge in [-0.05, 0) is 121 Å². The fraction of sp³-hybridized carbons (Fsp3) is 0. The molecular formula is C30H20O4S5. The third-order valence-corrected chi connectivity index (χ3v) is 12.7. The summed E-state index contributed by atoms with van der Waals surface area (Å²) in [6.45, 7) is 0. The predicted octanol–water partition coefficient (Wildman–Crippen LogP) is 8.12. The summed E-state index contributed by atoms with van der Waals surface area (Å²) in [5, 5.41) is 0. The largest absolute Gasteiger partial charge is 0.219 e. The van der Waals surface area contributed by atoms with Gasteiger partial charge in [0.15, 0.2) is 0 Å². The standard InChI is InChI=1S/C30H20O4S5/c31-38(32)27-13-5-23(6-14-27)35-21-1-2-22(4-3-21)36-24-7-15-28(16-8-24)39(33,34)30-19-11-26(12-20-30)37-25-9-17-29(38)18-10-25/h1-20H. The van der Waals surface area contributed by atoms with E-state index in [9.17, 15) is 16.8 Å². The van der Waals surface area contributed by atoms with Gasteiger partial charge >= 0.3 is 0 Å². The molecule has 4 nitrogen and oxygen atoms in total. The van der Waals surface area contributed by atoms with Crippen LogP contribution in [0, 0.1) is 0 Å². The maximum Gasteiger partial charge on any atom is 0.206 e. The van der Waals surface area contributed by atoms with Gasteiger partial charge in [-0.25, -0.2) is 16.8 Å². The molecule has 0 N–H and O–H groups in total. The van der Waals surface area contributed by atoms with Gasteiger partial charge in [0.25, 0.3) is 0 Å². The lowest BCUT2D eigenvalue weighted by Crippen LogP contribution is -2.02. The number of rotatable bonds is 0. The Morgan fingerprint density at radius 2 is 0.436 bits per heavy atom. The normalized spacial score (nSPS) is 15.7. The monoisotopic (exact) mass is 604 g/mol. The topological polar surface area (TPSA) is 68.3 Å². The summed E-state index contributed by atoms with van der Waals surface area (Å²) in [6.07, 6.45) is 0. The highest BCUT2D eigenvalue weighted by molar-refractivity contribution is 8.00. The van der Waals surface area contributed by atoms with E-state index in [0.717, 1.165) is 29.4 Å². The highest BCUT2D eigenvalue weighted by Crippen LogP contribution is 2.35. The lowest BCUT2D eigenvalue weighted by molar-refractivity contribution is 0.594. The van der Waals surface area contributed by atoms with Crippen LogP contribution in [0.4, 0.5) is 0 Å². The molecule has 5 aromatic carbocycles. The van der Waals surface area contributed by atoms with E-state index in [1.54, 1.807) is 96.3 Å². The van der Waals surface area contributed by atoms with Crippen molar-refractivity contribution in [2.75, 3.05) is 0 Å². The average molecular weight is 605 g/mol. The number of benzene rings is 5. The molecule has 194 valence electrons. The van der Waals surface area contributed by atoms with Crippen molar-refractivity contribution in [1.82, 2.24) is 0 Å². The highest BCUT2D eigenvalue weighted by atomic mass is 32.2. The van der Waals surface area contributed by atoms with Gasteiger partial charge in [0.2, 0.25) is 19.7 Å². The minimum Gasteiger partial charge on any atom is -0.219 e. The second kappa shape index (κ2) is 10.6. The second-order valence-corrected chi connectivity index (χ2v) is 16.0.